The van der Waals surface area contributed by atoms with Gasteiger partial charge in [0, 0.05) is 37.3 Å². The van der Waals surface area contributed by atoms with Gasteiger partial charge in [0.05, 0.1) is 28.8 Å². The molecule has 1 atom stereocenters. The van der Waals surface area contributed by atoms with Crippen molar-refractivity contribution in [3.05, 3.63) is 98.9 Å². The second kappa shape index (κ2) is 11.7. The predicted molar refractivity (Wildman–Crippen MR) is 163 cm³/mol. The Kier molecular flexibility index (Phi) is 8.26. The quantitative estimate of drug-likeness (QED) is 0.288. The Hall–Kier alpha value is -3.60. The summed E-state index contributed by atoms with van der Waals surface area (Å²) in [6.07, 6.45) is 1.99. The van der Waals surface area contributed by atoms with Crippen molar-refractivity contribution in [3.8, 4) is 11.1 Å². The number of nitrogens with one attached hydrogen (secondary N) is 1. The van der Waals surface area contributed by atoms with E-state index in [0.717, 1.165) is 40.4 Å². The fraction of sp³-hybridized carbons (Fsp3) is 0.323. The van der Waals surface area contributed by atoms with Gasteiger partial charge in [-0.2, -0.15) is 0 Å². The van der Waals surface area contributed by atoms with Crippen molar-refractivity contribution in [1.29, 1.82) is 0 Å². The smallest absolute Gasteiger partial charge is 0.250 e. The number of aromatic nitrogens is 2. The number of pyridine rings is 1. The highest BCUT2D eigenvalue weighted by molar-refractivity contribution is 7.91. The van der Waals surface area contributed by atoms with Gasteiger partial charge in [-0.15, -0.1) is 11.3 Å². The van der Waals surface area contributed by atoms with Gasteiger partial charge < -0.3 is 9.88 Å². The topological polar surface area (TPSA) is 101 Å². The average molecular weight is 591 g/mol. The third-order valence-corrected chi connectivity index (χ3v) is 10.1. The monoisotopic (exact) mass is 590 g/mol. The molecule has 214 valence electrons. The molecule has 1 aliphatic heterocycles. The lowest BCUT2D eigenvalue weighted by atomic mass is 10.0. The van der Waals surface area contributed by atoms with Crippen molar-refractivity contribution in [2.45, 2.75) is 51.2 Å². The first-order chi connectivity index (χ1) is 19.5. The maximum absolute atomic E-state index is 12.7. The van der Waals surface area contributed by atoms with Crippen LogP contribution in [0.5, 0.6) is 0 Å². The van der Waals surface area contributed by atoms with E-state index in [2.05, 4.69) is 48.3 Å². The Labute approximate surface area is 244 Å². The van der Waals surface area contributed by atoms with Crippen LogP contribution in [0.3, 0.4) is 0 Å². The summed E-state index contributed by atoms with van der Waals surface area (Å²) >= 11 is 1.52. The number of anilines is 1. The lowest BCUT2D eigenvalue weighted by Crippen LogP contribution is -2.26. The second-order valence-corrected chi connectivity index (χ2v) is 14.1. The number of thiazole rings is 1. The molecule has 1 unspecified atom stereocenters. The van der Waals surface area contributed by atoms with E-state index >= 15 is 0 Å². The molecule has 0 radical (unpaired) electrons. The molecular weight excluding hydrogens is 556 g/mol. The van der Waals surface area contributed by atoms with E-state index < -0.39 is 9.84 Å². The normalized spacial score (nSPS) is 15.3. The molecule has 1 N–H and O–H groups in total. The van der Waals surface area contributed by atoms with Gasteiger partial charge in [-0.25, -0.2) is 13.4 Å². The molecule has 0 spiro atoms. The zero-order chi connectivity index (χ0) is 29.3. The number of hydrogen-bond acceptors (Lipinski definition) is 7. The maximum Gasteiger partial charge on any atom is 0.250 e. The third-order valence-electron chi connectivity index (χ3n) is 7.41. The number of rotatable bonds is 9. The number of aryl methyl sites for hydroxylation is 1. The van der Waals surface area contributed by atoms with Crippen LogP contribution in [0.4, 0.5) is 5.13 Å². The summed E-state index contributed by atoms with van der Waals surface area (Å²) in [5.41, 5.74) is 5.01. The number of sulfone groups is 1. The predicted octanol–water partition coefficient (Wildman–Crippen LogP) is 5.20. The average Bonchev–Trinajstić information content (AvgIpc) is 3.47. The molecular formula is C31H34N4O4S2. The van der Waals surface area contributed by atoms with Crippen molar-refractivity contribution in [3.63, 3.8) is 0 Å². The van der Waals surface area contributed by atoms with Crippen molar-refractivity contribution in [1.82, 2.24) is 14.5 Å². The molecule has 1 aliphatic rings. The minimum absolute atomic E-state index is 0.0282. The van der Waals surface area contributed by atoms with Gasteiger partial charge >= 0.3 is 0 Å². The molecule has 5 rings (SSSR count). The molecule has 0 saturated heterocycles. The van der Waals surface area contributed by atoms with Gasteiger partial charge in [0.25, 0.3) is 0 Å². The van der Waals surface area contributed by atoms with Crippen LogP contribution in [0.1, 0.15) is 48.5 Å². The molecule has 4 aromatic rings. The zero-order valence-electron chi connectivity index (χ0n) is 23.6. The van der Waals surface area contributed by atoms with Gasteiger partial charge in [0.15, 0.2) is 15.0 Å². The maximum atomic E-state index is 12.7. The van der Waals surface area contributed by atoms with Crippen LogP contribution in [0.15, 0.2) is 76.6 Å². The standard InChI is InChI=1S/C31H34N4O4S2/c1-5-41(38,39)25-13-8-21(9-14-25)16-27(36)32-31-33-29-26(40-31)19-35(30(29)20(2)3)17-22-6-10-23(11-7-22)24-12-15-28(37)34(4)18-24/h6-15,18,20,30H,5,16-17,19H2,1-4H3,(H,32,33,36). The van der Waals surface area contributed by atoms with Gasteiger partial charge in [-0.05, 0) is 46.4 Å². The van der Waals surface area contributed by atoms with Gasteiger partial charge in [0.2, 0.25) is 11.5 Å². The minimum Gasteiger partial charge on any atom is -0.318 e. The fourth-order valence-corrected chi connectivity index (χ4v) is 7.17. The molecule has 2 aromatic carbocycles. The van der Waals surface area contributed by atoms with E-state index in [4.69, 9.17) is 4.98 Å². The Balaban J connectivity index is 1.23. The lowest BCUT2D eigenvalue weighted by Gasteiger charge is -2.27. The molecule has 10 heteroatoms. The van der Waals surface area contributed by atoms with Gasteiger partial charge in [-0.1, -0.05) is 57.2 Å². The number of hydrogen-bond donors (Lipinski definition) is 1. The molecule has 1 amide bonds. The second-order valence-electron chi connectivity index (χ2n) is 10.8. The van der Waals surface area contributed by atoms with Crippen molar-refractivity contribution in [2.24, 2.45) is 13.0 Å². The summed E-state index contributed by atoms with van der Waals surface area (Å²) < 4.78 is 25.6. The van der Waals surface area contributed by atoms with Crippen LogP contribution in [-0.4, -0.2) is 34.5 Å². The molecule has 0 bridgehead atoms. The van der Waals surface area contributed by atoms with Crippen LogP contribution >= 0.6 is 11.3 Å². The SMILES string of the molecule is CCS(=O)(=O)c1ccc(CC(=O)Nc2nc3c(s2)CN(Cc2ccc(-c4ccc(=O)n(C)c4)cc2)C3C(C)C)cc1. The number of benzene rings is 2. The van der Waals surface area contributed by atoms with Gasteiger partial charge in [0.1, 0.15) is 0 Å². The molecule has 8 nitrogen and oxygen atoms in total. The first kappa shape index (κ1) is 28.9. The number of carbonyl (C=O) groups excluding carboxylic acids is 1. The number of nitrogens with zero attached hydrogens (tertiary/aromatic N) is 3. The third kappa shape index (κ3) is 6.34. The summed E-state index contributed by atoms with van der Waals surface area (Å²) in [6, 6.07) is 18.5. The molecule has 41 heavy (non-hydrogen) atoms. The first-order valence-corrected chi connectivity index (χ1v) is 16.1. The van der Waals surface area contributed by atoms with E-state index in [1.54, 1.807) is 48.9 Å². The van der Waals surface area contributed by atoms with E-state index in [0.29, 0.717) is 11.0 Å². The first-order valence-electron chi connectivity index (χ1n) is 13.6. The summed E-state index contributed by atoms with van der Waals surface area (Å²) in [6.45, 7) is 7.54. The highest BCUT2D eigenvalue weighted by Gasteiger charge is 2.36. The molecule has 0 aliphatic carbocycles. The number of carbonyl (C=O) groups is 1. The van der Waals surface area contributed by atoms with Crippen LogP contribution in [0.25, 0.3) is 11.1 Å². The Morgan fingerprint density at radius 3 is 2.32 bits per heavy atom. The number of fused-ring (bicyclic) bond motifs is 1. The van der Waals surface area contributed by atoms with Crippen molar-refractivity contribution >= 4 is 32.2 Å². The van der Waals surface area contributed by atoms with Crippen LogP contribution in [0, 0.1) is 5.92 Å². The minimum atomic E-state index is -3.27. The van der Waals surface area contributed by atoms with Crippen molar-refractivity contribution in [2.75, 3.05) is 11.1 Å². The van der Waals surface area contributed by atoms with E-state index in [9.17, 15) is 18.0 Å². The highest BCUT2D eigenvalue weighted by atomic mass is 32.2. The van der Waals surface area contributed by atoms with Crippen molar-refractivity contribution < 1.29 is 13.2 Å². The molecule has 2 aromatic heterocycles. The van der Waals surface area contributed by atoms with Crippen LogP contribution in [0.2, 0.25) is 0 Å². The largest absolute Gasteiger partial charge is 0.318 e. The van der Waals surface area contributed by atoms with Gasteiger partial charge in [-0.3, -0.25) is 14.5 Å². The Morgan fingerprint density at radius 2 is 1.68 bits per heavy atom. The Bertz CT molecular complexity index is 1720. The fourth-order valence-electron chi connectivity index (χ4n) is 5.24. The number of amides is 1. The van der Waals surface area contributed by atoms with E-state index in [1.165, 1.54) is 16.9 Å². The van der Waals surface area contributed by atoms with Crippen LogP contribution in [-0.2, 0) is 41.2 Å². The van der Waals surface area contributed by atoms with E-state index in [1.807, 2.05) is 12.3 Å². The summed E-state index contributed by atoms with van der Waals surface area (Å²) in [4.78, 5) is 33.2. The summed E-state index contributed by atoms with van der Waals surface area (Å²) in [7, 11) is -1.51. The highest BCUT2D eigenvalue weighted by Crippen LogP contribution is 2.43. The molecule has 0 saturated carbocycles. The Morgan fingerprint density at radius 1 is 1.02 bits per heavy atom. The molecule has 0 fully saturated rings. The molecule has 3 heterocycles. The van der Waals surface area contributed by atoms with Crippen LogP contribution < -0.4 is 10.9 Å². The lowest BCUT2D eigenvalue weighted by molar-refractivity contribution is -0.115. The zero-order valence-corrected chi connectivity index (χ0v) is 25.3. The summed E-state index contributed by atoms with van der Waals surface area (Å²) in [5.74, 6) is 0.200. The summed E-state index contributed by atoms with van der Waals surface area (Å²) in [5, 5.41) is 3.53. The van der Waals surface area contributed by atoms with E-state index in [-0.39, 0.29) is 34.6 Å².